The molecule has 6 heterocycles. The average Bonchev–Trinajstić information content (AvgIpc) is 4.01. The molecule has 318 valence electrons. The van der Waals surface area contributed by atoms with Crippen LogP contribution in [0.15, 0.2) is 56.2 Å². The first-order valence-corrected chi connectivity index (χ1v) is 23.1. The van der Waals surface area contributed by atoms with Crippen LogP contribution in [0.25, 0.3) is 21.3 Å². The number of likely N-dealkylation sites (tertiary alicyclic amines) is 1. The number of Topliss-reactive ketones (excluding diaryl/α,β-unsaturated/α-hetero) is 1. The highest BCUT2D eigenvalue weighted by molar-refractivity contribution is 7.90. The van der Waals surface area contributed by atoms with Gasteiger partial charge in [0.25, 0.3) is 5.91 Å². The normalized spacial score (nSPS) is 16.6. The van der Waals surface area contributed by atoms with Crippen molar-refractivity contribution in [3.8, 4) is 21.3 Å². The van der Waals surface area contributed by atoms with Crippen molar-refractivity contribution in [3.05, 3.63) is 58.5 Å². The molecular weight excluding hydrogens is 815 g/mol. The van der Waals surface area contributed by atoms with Crippen LogP contribution in [0, 0.1) is 0 Å². The number of hydrogen-bond acceptors (Lipinski definition) is 15. The van der Waals surface area contributed by atoms with Crippen LogP contribution >= 0.6 is 22.7 Å². The van der Waals surface area contributed by atoms with E-state index < -0.39 is 25.3 Å². The first kappa shape index (κ1) is 49.5. The molecule has 0 radical (unpaired) electrons. The molecule has 2 aliphatic heterocycles. The summed E-state index contributed by atoms with van der Waals surface area (Å²) in [6, 6.07) is 11.0. The lowest BCUT2D eigenvalue weighted by molar-refractivity contribution is -0.107. The van der Waals surface area contributed by atoms with Crippen LogP contribution in [-0.4, -0.2) is 99.8 Å². The number of unbranched alkanes of at least 4 members (excludes halogenated alkanes) is 5. The van der Waals surface area contributed by atoms with Crippen molar-refractivity contribution >= 4 is 60.7 Å². The van der Waals surface area contributed by atoms with E-state index in [4.69, 9.17) is 19.3 Å². The van der Waals surface area contributed by atoms with Crippen molar-refractivity contribution in [2.45, 2.75) is 89.6 Å². The number of nitrogens with one attached hydrogen (secondary N) is 2. The van der Waals surface area contributed by atoms with Gasteiger partial charge < -0.3 is 29.4 Å². The van der Waals surface area contributed by atoms with Crippen molar-refractivity contribution in [2.24, 2.45) is 10.3 Å². The topological polar surface area (TPSA) is 251 Å². The predicted molar refractivity (Wildman–Crippen MR) is 225 cm³/mol. The molecule has 4 aromatic heterocycles. The second-order valence-electron chi connectivity index (χ2n) is 13.1. The standard InChI is InChI=1S/C18H25N3O4S2.C13H14N2O3S.C4H10N2O2S.2CH4/c19-27(23,24)14-8-10-21(13-14)9-4-2-1-3-6-16(22)15-12-17(25-20-15)18-7-5-11-26-18;16-7-3-1-2-6-14-13(17)10-9-11(18-15-10)12-5-4-8-19-12;5-9(7,8)4-1-2-6-3-4;;/h5,7,11-12,14H,1-4,6,8-10,13H2,(H2,19,23,24);4-5,7-9H,1-3,6H2,(H,14,17);4,6H,1-3H2,(H2,5,7,8);2*1H4. The maximum absolute atomic E-state index is 12.2. The summed E-state index contributed by atoms with van der Waals surface area (Å²) in [5.74, 6) is 0.993. The number of amides is 1. The molecule has 0 spiro atoms. The molecule has 6 rings (SSSR count). The number of thiophene rings is 2. The molecule has 2 fully saturated rings. The summed E-state index contributed by atoms with van der Waals surface area (Å²) < 4.78 is 54.2. The second kappa shape index (κ2) is 25.0. The first-order chi connectivity index (χ1) is 26.3. The van der Waals surface area contributed by atoms with Crippen molar-refractivity contribution in [1.82, 2.24) is 25.8 Å². The highest BCUT2D eigenvalue weighted by Gasteiger charge is 2.30. The largest absolute Gasteiger partial charge is 0.355 e. The van der Waals surface area contributed by atoms with Crippen molar-refractivity contribution in [1.29, 1.82) is 0 Å². The van der Waals surface area contributed by atoms with Crippen molar-refractivity contribution < 1.29 is 40.3 Å². The van der Waals surface area contributed by atoms with E-state index in [-0.39, 0.29) is 37.5 Å². The zero-order chi connectivity index (χ0) is 39.7. The van der Waals surface area contributed by atoms with Gasteiger partial charge in [-0.2, -0.15) is 0 Å². The molecule has 4 aromatic rings. The van der Waals surface area contributed by atoms with Gasteiger partial charge >= 0.3 is 0 Å². The summed E-state index contributed by atoms with van der Waals surface area (Å²) in [5.41, 5.74) is 0.670. The monoisotopic (exact) mass is 871 g/mol. The second-order valence-corrected chi connectivity index (χ2v) is 18.7. The molecule has 0 bridgehead atoms. The maximum Gasteiger partial charge on any atom is 0.273 e. The Labute approximate surface area is 344 Å². The van der Waals surface area contributed by atoms with Crippen LogP contribution in [0.3, 0.4) is 0 Å². The Hall–Kier alpha value is -3.63. The Bertz CT molecular complexity index is 1980. The fourth-order valence-electron chi connectivity index (χ4n) is 5.78. The molecule has 6 N–H and O–H groups in total. The third kappa shape index (κ3) is 17.0. The van der Waals surface area contributed by atoms with Gasteiger partial charge in [0, 0.05) is 44.6 Å². The number of carbonyl (C=O) groups excluding carboxylic acids is 3. The number of primary sulfonamides is 2. The van der Waals surface area contributed by atoms with Gasteiger partial charge in [0.1, 0.15) is 12.0 Å². The van der Waals surface area contributed by atoms with E-state index in [0.29, 0.717) is 62.5 Å². The van der Waals surface area contributed by atoms with Crippen LogP contribution in [0.5, 0.6) is 0 Å². The van der Waals surface area contributed by atoms with E-state index in [2.05, 4.69) is 25.8 Å². The number of hydrogen-bond donors (Lipinski definition) is 4. The van der Waals surface area contributed by atoms with Crippen LogP contribution in [0.4, 0.5) is 0 Å². The molecule has 2 unspecified atom stereocenters. The Balaban J connectivity index is 0.000000325. The van der Waals surface area contributed by atoms with Gasteiger partial charge in [0.2, 0.25) is 20.0 Å². The molecule has 0 saturated carbocycles. The molecule has 2 atom stereocenters. The van der Waals surface area contributed by atoms with Gasteiger partial charge in [0.15, 0.2) is 23.0 Å². The average molecular weight is 872 g/mol. The molecule has 2 aliphatic rings. The lowest BCUT2D eigenvalue weighted by atomic mass is 10.1. The third-order valence-electron chi connectivity index (χ3n) is 8.90. The Morgan fingerprint density at radius 2 is 1.47 bits per heavy atom. The summed E-state index contributed by atoms with van der Waals surface area (Å²) in [5, 5.41) is 26.5. The fourth-order valence-corrected chi connectivity index (χ4v) is 8.78. The van der Waals surface area contributed by atoms with Gasteiger partial charge in [-0.25, -0.2) is 27.1 Å². The molecule has 0 aromatic carbocycles. The lowest BCUT2D eigenvalue weighted by Crippen LogP contribution is -2.32. The minimum absolute atomic E-state index is 0. The molecule has 0 aliphatic carbocycles. The van der Waals surface area contributed by atoms with Crippen molar-refractivity contribution in [2.75, 3.05) is 39.3 Å². The SMILES string of the molecule is C.C.NS(=O)(=O)C1CCN(CCCCCCC(=O)c2cc(-c3cccs3)on2)C1.NS(=O)(=O)C1CCNC1.O=CCCCCNC(=O)c1cc(-c2cccs2)on1. The molecule has 2 saturated heterocycles. The number of ketones is 1. The highest BCUT2D eigenvalue weighted by atomic mass is 32.2. The number of sulfonamides is 2. The van der Waals surface area contributed by atoms with Gasteiger partial charge in [-0.05, 0) is 81.1 Å². The minimum Gasteiger partial charge on any atom is -0.355 e. The molecule has 20 heteroatoms. The number of aldehydes is 1. The summed E-state index contributed by atoms with van der Waals surface area (Å²) in [6.45, 7) is 4.02. The van der Waals surface area contributed by atoms with E-state index >= 15 is 0 Å². The van der Waals surface area contributed by atoms with Gasteiger partial charge in [-0.1, -0.05) is 50.1 Å². The Morgan fingerprint density at radius 1 is 0.860 bits per heavy atom. The van der Waals surface area contributed by atoms with Gasteiger partial charge in [-0.15, -0.1) is 22.7 Å². The Morgan fingerprint density at radius 3 is 2.00 bits per heavy atom. The van der Waals surface area contributed by atoms with E-state index in [0.717, 1.165) is 74.2 Å². The third-order valence-corrected chi connectivity index (χ3v) is 13.3. The number of nitrogens with zero attached hydrogens (tertiary/aromatic N) is 3. The van der Waals surface area contributed by atoms with Crippen LogP contribution in [-0.2, 0) is 24.8 Å². The minimum atomic E-state index is -3.42. The molecule has 57 heavy (non-hydrogen) atoms. The van der Waals surface area contributed by atoms with Crippen LogP contribution in [0.2, 0.25) is 0 Å². The molecular formula is C37H57N7O9S4. The summed E-state index contributed by atoms with van der Waals surface area (Å²) in [7, 11) is -6.68. The Kier molecular flexibility index (Phi) is 21.7. The van der Waals surface area contributed by atoms with Crippen molar-refractivity contribution in [3.63, 3.8) is 0 Å². The number of carbonyl (C=O) groups is 3. The van der Waals surface area contributed by atoms with Crippen LogP contribution in [0.1, 0.15) is 100 Å². The van der Waals surface area contributed by atoms with E-state index in [1.54, 1.807) is 23.5 Å². The number of aromatic nitrogens is 2. The quantitative estimate of drug-likeness (QED) is 0.0563. The fraction of sp³-hybridized carbons (Fsp3) is 0.541. The smallest absolute Gasteiger partial charge is 0.273 e. The molecule has 1 amide bonds. The summed E-state index contributed by atoms with van der Waals surface area (Å²) >= 11 is 3.08. The molecule has 16 nitrogen and oxygen atoms in total. The van der Waals surface area contributed by atoms with Gasteiger partial charge in [0.05, 0.1) is 20.3 Å². The lowest BCUT2D eigenvalue weighted by Gasteiger charge is -2.15. The zero-order valence-corrected chi connectivity index (χ0v) is 33.7. The maximum atomic E-state index is 12.2. The predicted octanol–water partition coefficient (Wildman–Crippen LogP) is 5.31. The first-order valence-electron chi connectivity index (χ1n) is 18.1. The van der Waals surface area contributed by atoms with E-state index in [1.807, 2.05) is 35.0 Å². The number of nitrogens with two attached hydrogens (primary N) is 2. The van der Waals surface area contributed by atoms with E-state index in [9.17, 15) is 31.2 Å². The number of rotatable bonds is 18. The highest BCUT2D eigenvalue weighted by Crippen LogP contribution is 2.26. The van der Waals surface area contributed by atoms with Crippen LogP contribution < -0.4 is 20.9 Å². The van der Waals surface area contributed by atoms with Gasteiger partial charge in [-0.3, -0.25) is 9.59 Å². The summed E-state index contributed by atoms with van der Waals surface area (Å²) in [4.78, 5) is 38.2. The summed E-state index contributed by atoms with van der Waals surface area (Å²) in [6.07, 6.45) is 8.51. The zero-order valence-electron chi connectivity index (χ0n) is 30.5. The van der Waals surface area contributed by atoms with E-state index in [1.165, 1.54) is 11.3 Å².